The van der Waals surface area contributed by atoms with Gasteiger partial charge in [-0.15, -0.1) is 0 Å². The van der Waals surface area contributed by atoms with Crippen LogP contribution in [0.5, 0.6) is 5.88 Å². The molecule has 1 aromatic rings. The second-order valence-electron chi connectivity index (χ2n) is 4.23. The SMILES string of the molecule is COC(C)(C)CCOc1ncnc(N)c1[N+](=O)[O-]. The molecule has 0 unspecified atom stereocenters. The van der Waals surface area contributed by atoms with Crippen LogP contribution in [0.25, 0.3) is 0 Å². The van der Waals surface area contributed by atoms with Crippen LogP contribution in [0, 0.1) is 10.1 Å². The lowest BCUT2D eigenvalue weighted by Gasteiger charge is -2.22. The number of nitro groups is 1. The fourth-order valence-electron chi connectivity index (χ4n) is 1.15. The topological polar surface area (TPSA) is 113 Å². The van der Waals surface area contributed by atoms with Crippen LogP contribution in [0.4, 0.5) is 11.5 Å². The molecule has 0 aliphatic carbocycles. The highest BCUT2D eigenvalue weighted by Gasteiger charge is 2.23. The average Bonchev–Trinajstić information content (AvgIpc) is 2.28. The molecule has 8 nitrogen and oxygen atoms in total. The molecule has 0 aliphatic heterocycles. The van der Waals surface area contributed by atoms with Crippen molar-refractivity contribution in [3.8, 4) is 5.88 Å². The van der Waals surface area contributed by atoms with E-state index >= 15 is 0 Å². The maximum atomic E-state index is 10.8. The van der Waals surface area contributed by atoms with Crippen molar-refractivity contribution in [1.82, 2.24) is 9.97 Å². The van der Waals surface area contributed by atoms with Crippen molar-refractivity contribution in [3.63, 3.8) is 0 Å². The Morgan fingerprint density at radius 3 is 2.72 bits per heavy atom. The van der Waals surface area contributed by atoms with Gasteiger partial charge in [0, 0.05) is 13.5 Å². The highest BCUT2D eigenvalue weighted by atomic mass is 16.6. The Bertz CT molecular complexity index is 436. The van der Waals surface area contributed by atoms with Crippen LogP contribution in [0.3, 0.4) is 0 Å². The molecule has 0 saturated carbocycles. The Kier molecular flexibility index (Phi) is 4.38. The van der Waals surface area contributed by atoms with E-state index in [-0.39, 0.29) is 23.9 Å². The van der Waals surface area contributed by atoms with Gasteiger partial charge in [-0.25, -0.2) is 4.98 Å². The number of ether oxygens (including phenoxy) is 2. The van der Waals surface area contributed by atoms with Crippen molar-refractivity contribution < 1.29 is 14.4 Å². The summed E-state index contributed by atoms with van der Waals surface area (Å²) in [5.41, 5.74) is 4.63. The summed E-state index contributed by atoms with van der Waals surface area (Å²) in [4.78, 5) is 17.4. The Hall–Kier alpha value is -1.96. The molecule has 8 heteroatoms. The van der Waals surface area contributed by atoms with Crippen LogP contribution in [0.2, 0.25) is 0 Å². The zero-order valence-corrected chi connectivity index (χ0v) is 10.5. The predicted molar refractivity (Wildman–Crippen MR) is 64.3 cm³/mol. The number of nitrogen functional groups attached to an aromatic ring is 1. The van der Waals surface area contributed by atoms with Crippen LogP contribution in [0.15, 0.2) is 6.33 Å². The van der Waals surface area contributed by atoms with Crippen molar-refractivity contribution in [1.29, 1.82) is 0 Å². The molecule has 2 N–H and O–H groups in total. The monoisotopic (exact) mass is 256 g/mol. The Labute approximate surface area is 104 Å². The molecule has 1 heterocycles. The Balaban J connectivity index is 2.74. The first-order valence-corrected chi connectivity index (χ1v) is 5.30. The minimum atomic E-state index is -0.661. The molecule has 0 bridgehead atoms. The molecular weight excluding hydrogens is 240 g/mol. The standard InChI is InChI=1S/C10H16N4O4/c1-10(2,17-3)4-5-18-9-7(14(15)16)8(11)12-6-13-9/h6H,4-5H2,1-3H3,(H2,11,12,13). The van der Waals surface area contributed by atoms with Crippen molar-refractivity contribution in [2.75, 3.05) is 19.5 Å². The molecule has 0 fully saturated rings. The molecule has 0 radical (unpaired) electrons. The van der Waals surface area contributed by atoms with Crippen molar-refractivity contribution in [3.05, 3.63) is 16.4 Å². The van der Waals surface area contributed by atoms with E-state index in [1.165, 1.54) is 0 Å². The summed E-state index contributed by atoms with van der Waals surface area (Å²) < 4.78 is 10.5. The molecule has 0 aromatic carbocycles. The summed E-state index contributed by atoms with van der Waals surface area (Å²) in [6, 6.07) is 0. The average molecular weight is 256 g/mol. The van der Waals surface area contributed by atoms with Gasteiger partial charge in [-0.3, -0.25) is 10.1 Å². The maximum Gasteiger partial charge on any atom is 0.372 e. The summed E-state index contributed by atoms with van der Waals surface area (Å²) >= 11 is 0. The molecule has 18 heavy (non-hydrogen) atoms. The fourth-order valence-corrected chi connectivity index (χ4v) is 1.15. The molecule has 0 saturated heterocycles. The molecule has 0 atom stereocenters. The highest BCUT2D eigenvalue weighted by Crippen LogP contribution is 2.28. The third-order valence-corrected chi connectivity index (χ3v) is 2.50. The van der Waals surface area contributed by atoms with Gasteiger partial charge in [0.25, 0.3) is 5.88 Å². The lowest BCUT2D eigenvalue weighted by molar-refractivity contribution is -0.385. The van der Waals surface area contributed by atoms with E-state index in [9.17, 15) is 10.1 Å². The van der Waals surface area contributed by atoms with Crippen LogP contribution in [-0.4, -0.2) is 34.2 Å². The number of nitrogens with two attached hydrogens (primary N) is 1. The fraction of sp³-hybridized carbons (Fsp3) is 0.600. The first-order valence-electron chi connectivity index (χ1n) is 5.30. The lowest BCUT2D eigenvalue weighted by Crippen LogP contribution is -2.25. The molecule has 0 aliphatic rings. The van der Waals surface area contributed by atoms with E-state index in [4.69, 9.17) is 15.2 Å². The van der Waals surface area contributed by atoms with Crippen molar-refractivity contribution in [2.24, 2.45) is 0 Å². The van der Waals surface area contributed by atoms with Gasteiger partial charge in [0.05, 0.1) is 17.1 Å². The quantitative estimate of drug-likeness (QED) is 0.600. The van der Waals surface area contributed by atoms with Crippen LogP contribution in [0.1, 0.15) is 20.3 Å². The number of nitrogens with zero attached hydrogens (tertiary/aromatic N) is 3. The second kappa shape index (κ2) is 5.58. The number of hydrogen-bond acceptors (Lipinski definition) is 7. The van der Waals surface area contributed by atoms with Gasteiger partial charge in [0.2, 0.25) is 5.82 Å². The number of hydrogen-bond donors (Lipinski definition) is 1. The number of rotatable bonds is 6. The summed E-state index contributed by atoms with van der Waals surface area (Å²) in [6.45, 7) is 4.01. The molecule has 1 aromatic heterocycles. The van der Waals surface area contributed by atoms with E-state index < -0.39 is 10.6 Å². The van der Waals surface area contributed by atoms with Gasteiger partial charge in [0.15, 0.2) is 0 Å². The van der Waals surface area contributed by atoms with E-state index in [0.29, 0.717) is 6.42 Å². The van der Waals surface area contributed by atoms with Gasteiger partial charge in [0.1, 0.15) is 6.33 Å². The highest BCUT2D eigenvalue weighted by molar-refractivity contribution is 5.57. The Morgan fingerprint density at radius 2 is 2.17 bits per heavy atom. The molecule has 100 valence electrons. The van der Waals surface area contributed by atoms with E-state index in [2.05, 4.69) is 9.97 Å². The molecule has 0 spiro atoms. The third-order valence-electron chi connectivity index (χ3n) is 2.50. The summed E-state index contributed by atoms with van der Waals surface area (Å²) in [7, 11) is 1.59. The molecule has 0 amide bonds. The summed E-state index contributed by atoms with van der Waals surface area (Å²) in [5, 5.41) is 10.8. The molecular formula is C10H16N4O4. The van der Waals surface area contributed by atoms with Crippen molar-refractivity contribution in [2.45, 2.75) is 25.9 Å². The molecule has 1 rings (SSSR count). The second-order valence-corrected chi connectivity index (χ2v) is 4.23. The van der Waals surface area contributed by atoms with Gasteiger partial charge in [-0.1, -0.05) is 0 Å². The van der Waals surface area contributed by atoms with E-state index in [1.54, 1.807) is 7.11 Å². The summed E-state index contributed by atoms with van der Waals surface area (Å²) in [6.07, 6.45) is 1.68. The minimum absolute atomic E-state index is 0.126. The first-order chi connectivity index (χ1) is 8.37. The van der Waals surface area contributed by atoms with Crippen molar-refractivity contribution >= 4 is 11.5 Å². The van der Waals surface area contributed by atoms with Crippen LogP contribution in [-0.2, 0) is 4.74 Å². The number of methoxy groups -OCH3 is 1. The number of aromatic nitrogens is 2. The lowest BCUT2D eigenvalue weighted by atomic mass is 10.1. The third kappa shape index (κ3) is 3.52. The minimum Gasteiger partial charge on any atom is -0.473 e. The Morgan fingerprint density at radius 1 is 1.50 bits per heavy atom. The largest absolute Gasteiger partial charge is 0.473 e. The van der Waals surface area contributed by atoms with E-state index in [0.717, 1.165) is 6.33 Å². The normalized spacial score (nSPS) is 11.3. The predicted octanol–water partition coefficient (Wildman–Crippen LogP) is 1.16. The van der Waals surface area contributed by atoms with Crippen LogP contribution < -0.4 is 10.5 Å². The van der Waals surface area contributed by atoms with Crippen LogP contribution >= 0.6 is 0 Å². The van der Waals surface area contributed by atoms with Gasteiger partial charge >= 0.3 is 5.69 Å². The summed E-state index contributed by atoms with van der Waals surface area (Å²) in [5.74, 6) is -0.338. The smallest absolute Gasteiger partial charge is 0.372 e. The van der Waals surface area contributed by atoms with E-state index in [1.807, 2.05) is 13.8 Å². The van der Waals surface area contributed by atoms with Gasteiger partial charge < -0.3 is 15.2 Å². The first kappa shape index (κ1) is 14.1. The van der Waals surface area contributed by atoms with Gasteiger partial charge in [-0.2, -0.15) is 4.98 Å². The number of anilines is 1. The maximum absolute atomic E-state index is 10.8. The zero-order chi connectivity index (χ0) is 13.8. The zero-order valence-electron chi connectivity index (χ0n) is 10.5. The van der Waals surface area contributed by atoms with Gasteiger partial charge in [-0.05, 0) is 13.8 Å².